The molecule has 1 saturated heterocycles. The number of amides is 2. The maximum atomic E-state index is 14.3. The number of nitrogens with zero attached hydrogens (tertiary/aromatic N) is 5. The molecule has 13 nitrogen and oxygen atoms in total. The zero-order chi connectivity index (χ0) is 38.7. The molecule has 3 aromatic rings. The Hall–Kier alpha value is -4.94. The van der Waals surface area contributed by atoms with Crippen LogP contribution in [0.3, 0.4) is 0 Å². The smallest absolute Gasteiger partial charge is 0.328 e. The summed E-state index contributed by atoms with van der Waals surface area (Å²) in [4.78, 5) is 69.9. The second kappa shape index (κ2) is 18.7. The third-order valence-electron chi connectivity index (χ3n) is 9.49. The van der Waals surface area contributed by atoms with Crippen LogP contribution in [-0.4, -0.2) is 92.8 Å². The van der Waals surface area contributed by atoms with Crippen LogP contribution >= 0.6 is 0 Å². The summed E-state index contributed by atoms with van der Waals surface area (Å²) in [6.45, 7) is 11.5. The molecular formula is C40H54N6O7. The van der Waals surface area contributed by atoms with Crippen molar-refractivity contribution in [3.8, 4) is 22.5 Å². The molecule has 53 heavy (non-hydrogen) atoms. The van der Waals surface area contributed by atoms with Gasteiger partial charge in [0.25, 0.3) is 0 Å². The third kappa shape index (κ3) is 11.0. The number of Topliss-reactive ketones (excluding diaryl/α,β-unsaturated/α-hetero) is 2. The van der Waals surface area contributed by atoms with E-state index in [1.165, 1.54) is 12.0 Å². The molecule has 1 unspecified atom stereocenters. The van der Waals surface area contributed by atoms with Crippen molar-refractivity contribution in [3.05, 3.63) is 54.1 Å². The summed E-state index contributed by atoms with van der Waals surface area (Å²) in [5, 5.41) is 14.5. The van der Waals surface area contributed by atoms with Gasteiger partial charge in [-0.1, -0.05) is 82.1 Å². The molecule has 13 heteroatoms. The Morgan fingerprint density at radius 1 is 0.981 bits per heavy atom. The summed E-state index contributed by atoms with van der Waals surface area (Å²) in [5.74, 6) is -2.55. The summed E-state index contributed by atoms with van der Waals surface area (Å²) >= 11 is 0. The number of likely N-dealkylation sites (tertiary alicyclic amines) is 1. The quantitative estimate of drug-likeness (QED) is 0.0948. The standard InChI is InChI=1S/C40H54N6O7/c1-8-9-12-19-45(23-27-15-17-29(18-16-27)30-13-10-11-14-31(30)36-41-43-44-42-36)39(51)46-24-28(21-33(46)37(49)52-7)22-34(47)32(20-26(2)3)35(48)25-53-38(50)40(4,5)6/h10-11,13-18,26,28,32-33H,8-9,12,19-25H2,1-7H3,(H,41,42,43,44)/t28-,32?,33+/m1/s1. The highest BCUT2D eigenvalue weighted by Gasteiger charge is 2.43. The highest BCUT2D eigenvalue weighted by Crippen LogP contribution is 2.32. The van der Waals surface area contributed by atoms with Gasteiger partial charge in [0.1, 0.15) is 11.8 Å². The summed E-state index contributed by atoms with van der Waals surface area (Å²) in [5.41, 5.74) is 2.87. The van der Waals surface area contributed by atoms with Crippen molar-refractivity contribution in [1.82, 2.24) is 30.4 Å². The number of carbonyl (C=O) groups excluding carboxylic acids is 5. The van der Waals surface area contributed by atoms with E-state index in [1.807, 2.05) is 62.4 Å². The van der Waals surface area contributed by atoms with E-state index in [1.54, 1.807) is 25.7 Å². The minimum Gasteiger partial charge on any atom is -0.467 e. The van der Waals surface area contributed by atoms with Crippen molar-refractivity contribution < 1.29 is 33.4 Å². The fourth-order valence-electron chi connectivity index (χ4n) is 6.63. The molecule has 1 fully saturated rings. The number of hydrogen-bond donors (Lipinski definition) is 1. The maximum absolute atomic E-state index is 14.3. The number of esters is 2. The van der Waals surface area contributed by atoms with Crippen molar-refractivity contribution in [2.24, 2.45) is 23.2 Å². The van der Waals surface area contributed by atoms with Crippen LogP contribution < -0.4 is 0 Å². The molecule has 3 atom stereocenters. The number of aromatic amines is 1. The van der Waals surface area contributed by atoms with Crippen molar-refractivity contribution in [1.29, 1.82) is 0 Å². The molecular weight excluding hydrogens is 676 g/mol. The number of benzene rings is 2. The highest BCUT2D eigenvalue weighted by atomic mass is 16.5. The van der Waals surface area contributed by atoms with Crippen molar-refractivity contribution in [2.45, 2.75) is 92.7 Å². The number of nitrogens with one attached hydrogen (secondary N) is 1. The first kappa shape index (κ1) is 40.8. The van der Waals surface area contributed by atoms with Gasteiger partial charge in [-0.05, 0) is 73.8 Å². The van der Waals surface area contributed by atoms with Crippen molar-refractivity contribution in [3.63, 3.8) is 0 Å². The SMILES string of the molecule is CCCCCN(Cc1ccc(-c2ccccc2-c2nn[nH]n2)cc1)C(=O)N1C[C@@H](CC(=O)C(CC(C)C)C(=O)COC(=O)C(C)(C)C)C[C@H]1C(=O)OC. The first-order chi connectivity index (χ1) is 25.2. The molecule has 2 heterocycles. The van der Waals surface area contributed by atoms with E-state index in [2.05, 4.69) is 27.5 Å². The second-order valence-electron chi connectivity index (χ2n) is 15.3. The molecule has 0 spiro atoms. The molecule has 1 N–H and O–H groups in total. The highest BCUT2D eigenvalue weighted by molar-refractivity contribution is 6.03. The van der Waals surface area contributed by atoms with Crippen LogP contribution in [0.15, 0.2) is 48.5 Å². The van der Waals surface area contributed by atoms with Crippen LogP contribution in [0.25, 0.3) is 22.5 Å². The summed E-state index contributed by atoms with van der Waals surface area (Å²) in [7, 11) is 1.29. The van der Waals surface area contributed by atoms with E-state index in [0.717, 1.165) is 41.5 Å². The maximum Gasteiger partial charge on any atom is 0.328 e. The zero-order valence-electron chi connectivity index (χ0n) is 32.1. The normalized spacial score (nSPS) is 16.3. The summed E-state index contributed by atoms with van der Waals surface area (Å²) in [6, 6.07) is 14.6. The van der Waals surface area contributed by atoms with Crippen LogP contribution in [0.4, 0.5) is 4.79 Å². The number of tetrazole rings is 1. The molecule has 1 aromatic heterocycles. The Kier molecular flexibility index (Phi) is 14.4. The van der Waals surface area contributed by atoms with Crippen LogP contribution in [0, 0.1) is 23.2 Å². The predicted molar refractivity (Wildman–Crippen MR) is 199 cm³/mol. The van der Waals surface area contributed by atoms with Gasteiger partial charge in [-0.3, -0.25) is 14.4 Å². The average molecular weight is 731 g/mol. The molecule has 1 aliphatic rings. The van der Waals surface area contributed by atoms with Crippen LogP contribution in [0.1, 0.15) is 85.6 Å². The number of methoxy groups -OCH3 is 1. The number of hydrogen-bond acceptors (Lipinski definition) is 10. The molecule has 0 aliphatic carbocycles. The van der Waals surface area contributed by atoms with Crippen LogP contribution in [0.2, 0.25) is 0 Å². The fourth-order valence-corrected chi connectivity index (χ4v) is 6.63. The number of rotatable bonds is 17. The molecule has 286 valence electrons. The van der Waals surface area contributed by atoms with Crippen LogP contribution in [-0.2, 0) is 35.2 Å². The number of carbonyl (C=O) groups is 5. The van der Waals surface area contributed by atoms with Gasteiger partial charge in [0.2, 0.25) is 5.82 Å². The lowest BCUT2D eigenvalue weighted by Crippen LogP contribution is -2.48. The molecule has 2 aromatic carbocycles. The average Bonchev–Trinajstić information content (AvgIpc) is 3.82. The van der Waals surface area contributed by atoms with E-state index < -0.39 is 41.7 Å². The van der Waals surface area contributed by atoms with E-state index in [9.17, 15) is 24.0 Å². The monoisotopic (exact) mass is 730 g/mol. The van der Waals surface area contributed by atoms with Gasteiger partial charge in [0, 0.05) is 31.6 Å². The molecule has 0 radical (unpaired) electrons. The van der Waals surface area contributed by atoms with Gasteiger partial charge in [0.15, 0.2) is 12.4 Å². The van der Waals surface area contributed by atoms with Gasteiger partial charge in [0.05, 0.1) is 18.4 Å². The lowest BCUT2D eigenvalue weighted by atomic mass is 9.85. The fraction of sp³-hybridized carbons (Fsp3) is 0.550. The Balaban J connectivity index is 1.51. The second-order valence-corrected chi connectivity index (χ2v) is 15.3. The van der Waals surface area contributed by atoms with E-state index in [-0.39, 0.29) is 43.0 Å². The van der Waals surface area contributed by atoms with Crippen LogP contribution in [0.5, 0.6) is 0 Å². The lowest BCUT2D eigenvalue weighted by molar-refractivity contribution is -0.157. The van der Waals surface area contributed by atoms with E-state index >= 15 is 0 Å². The first-order valence-corrected chi connectivity index (χ1v) is 18.5. The number of H-pyrrole nitrogens is 1. The van der Waals surface area contributed by atoms with Crippen molar-refractivity contribution in [2.75, 3.05) is 26.8 Å². The van der Waals surface area contributed by atoms with Gasteiger partial charge < -0.3 is 19.3 Å². The Labute approximate surface area is 312 Å². The largest absolute Gasteiger partial charge is 0.467 e. The first-order valence-electron chi connectivity index (χ1n) is 18.5. The van der Waals surface area contributed by atoms with Gasteiger partial charge in [-0.2, -0.15) is 5.21 Å². The van der Waals surface area contributed by atoms with E-state index in [0.29, 0.717) is 25.3 Å². The Bertz CT molecular complexity index is 1700. The minimum absolute atomic E-state index is 0.0102. The number of urea groups is 1. The van der Waals surface area contributed by atoms with Gasteiger partial charge in [-0.15, -0.1) is 10.2 Å². The predicted octanol–water partition coefficient (Wildman–Crippen LogP) is 6.29. The number of unbranched alkanes of at least 4 members (excludes halogenated alkanes) is 2. The van der Waals surface area contributed by atoms with E-state index in [4.69, 9.17) is 9.47 Å². The number of ether oxygens (including phenoxy) is 2. The third-order valence-corrected chi connectivity index (χ3v) is 9.49. The molecule has 1 aliphatic heterocycles. The van der Waals surface area contributed by atoms with Gasteiger partial charge in [-0.25, -0.2) is 9.59 Å². The Morgan fingerprint density at radius 2 is 1.68 bits per heavy atom. The molecule has 4 rings (SSSR count). The topological polar surface area (TPSA) is 165 Å². The number of aromatic nitrogens is 4. The summed E-state index contributed by atoms with van der Waals surface area (Å²) < 4.78 is 10.4. The summed E-state index contributed by atoms with van der Waals surface area (Å²) in [6.07, 6.45) is 3.26. The zero-order valence-corrected chi connectivity index (χ0v) is 32.1. The molecule has 0 bridgehead atoms. The minimum atomic E-state index is -0.947. The lowest BCUT2D eigenvalue weighted by Gasteiger charge is -2.31. The molecule has 2 amide bonds. The number of ketones is 2. The Morgan fingerprint density at radius 3 is 2.28 bits per heavy atom. The van der Waals surface area contributed by atoms with Gasteiger partial charge >= 0.3 is 18.0 Å². The van der Waals surface area contributed by atoms with Crippen molar-refractivity contribution >= 4 is 29.5 Å². The molecule has 0 saturated carbocycles.